The van der Waals surface area contributed by atoms with E-state index >= 15 is 0 Å². The van der Waals surface area contributed by atoms with E-state index in [9.17, 15) is 4.39 Å². The van der Waals surface area contributed by atoms with Crippen LogP contribution in [0.25, 0.3) is 0 Å². The van der Waals surface area contributed by atoms with Gasteiger partial charge in [0.05, 0.1) is 10.5 Å². The molecule has 0 saturated carbocycles. The minimum atomic E-state index is -0.234. The predicted octanol–water partition coefficient (Wildman–Crippen LogP) is 4.51. The van der Waals surface area contributed by atoms with E-state index in [0.29, 0.717) is 4.47 Å². The molecule has 1 nitrogen and oxygen atoms in total. The number of benzene rings is 2. The van der Waals surface area contributed by atoms with Crippen LogP contribution >= 0.6 is 15.9 Å². The molecule has 3 heteroatoms. The lowest BCUT2D eigenvalue weighted by Crippen LogP contribution is -2.19. The summed E-state index contributed by atoms with van der Waals surface area (Å²) in [5.41, 5.74) is 4.51. The first-order valence-electron chi connectivity index (χ1n) is 6.23. The molecule has 0 heterocycles. The predicted molar refractivity (Wildman–Crippen MR) is 80.9 cm³/mol. The van der Waals surface area contributed by atoms with Crippen molar-refractivity contribution in [2.45, 2.75) is 19.9 Å². The van der Waals surface area contributed by atoms with E-state index in [1.54, 1.807) is 6.07 Å². The van der Waals surface area contributed by atoms with Gasteiger partial charge in [-0.2, -0.15) is 0 Å². The van der Waals surface area contributed by atoms with Crippen LogP contribution in [0.5, 0.6) is 0 Å². The molecule has 0 amide bonds. The topological polar surface area (TPSA) is 12.0 Å². The molecule has 0 bridgehead atoms. The van der Waals surface area contributed by atoms with Gasteiger partial charge in [-0.3, -0.25) is 0 Å². The fraction of sp³-hybridized carbons (Fsp3) is 0.250. The summed E-state index contributed by atoms with van der Waals surface area (Å²) in [6.45, 7) is 4.16. The Morgan fingerprint density at radius 3 is 2.47 bits per heavy atom. The highest BCUT2D eigenvalue weighted by molar-refractivity contribution is 9.10. The summed E-state index contributed by atoms with van der Waals surface area (Å²) in [6, 6.07) is 11.4. The van der Waals surface area contributed by atoms with Crippen LogP contribution in [0.15, 0.2) is 40.9 Å². The maximum Gasteiger partial charge on any atom is 0.137 e. The molecule has 1 N–H and O–H groups in total. The van der Waals surface area contributed by atoms with E-state index in [0.717, 1.165) is 5.56 Å². The summed E-state index contributed by atoms with van der Waals surface area (Å²) in [6.07, 6.45) is 0. The number of aryl methyl sites for hydroxylation is 2. The number of hydrogen-bond acceptors (Lipinski definition) is 1. The van der Waals surface area contributed by atoms with Gasteiger partial charge in [-0.1, -0.05) is 35.9 Å². The second-order valence-corrected chi connectivity index (χ2v) is 5.52. The summed E-state index contributed by atoms with van der Waals surface area (Å²) in [7, 11) is 1.89. The van der Waals surface area contributed by atoms with Crippen molar-refractivity contribution < 1.29 is 4.39 Å². The second-order valence-electron chi connectivity index (χ2n) is 4.72. The summed E-state index contributed by atoms with van der Waals surface area (Å²) >= 11 is 3.34. The quantitative estimate of drug-likeness (QED) is 0.876. The minimum absolute atomic E-state index is 0.0225. The van der Waals surface area contributed by atoms with Gasteiger partial charge in [-0.15, -0.1) is 0 Å². The summed E-state index contributed by atoms with van der Waals surface area (Å²) in [5, 5.41) is 3.27. The SMILES string of the molecule is CNC(c1ccc(C)cc1C)c1cccc(F)c1Br. The first kappa shape index (κ1) is 14.2. The average Bonchev–Trinajstić information content (AvgIpc) is 2.37. The van der Waals surface area contributed by atoms with E-state index in [1.165, 1.54) is 22.8 Å². The molecule has 2 aromatic carbocycles. The van der Waals surface area contributed by atoms with Gasteiger partial charge in [-0.25, -0.2) is 4.39 Å². The molecule has 19 heavy (non-hydrogen) atoms. The zero-order chi connectivity index (χ0) is 14.0. The molecule has 0 aliphatic rings. The van der Waals surface area contributed by atoms with E-state index in [-0.39, 0.29) is 11.9 Å². The minimum Gasteiger partial charge on any atom is -0.309 e. The fourth-order valence-electron chi connectivity index (χ4n) is 2.37. The maximum absolute atomic E-state index is 13.7. The second kappa shape index (κ2) is 5.85. The highest BCUT2D eigenvalue weighted by Gasteiger charge is 2.18. The van der Waals surface area contributed by atoms with Gasteiger partial charge in [0.2, 0.25) is 0 Å². The number of hydrogen-bond donors (Lipinski definition) is 1. The van der Waals surface area contributed by atoms with Crippen LogP contribution in [0.3, 0.4) is 0 Å². The van der Waals surface area contributed by atoms with Crippen molar-refractivity contribution in [1.82, 2.24) is 5.32 Å². The van der Waals surface area contributed by atoms with Crippen LogP contribution in [0, 0.1) is 19.7 Å². The third-order valence-corrected chi connectivity index (χ3v) is 4.15. The molecule has 0 saturated heterocycles. The summed E-state index contributed by atoms with van der Waals surface area (Å²) in [5.74, 6) is -0.234. The Morgan fingerprint density at radius 1 is 1.11 bits per heavy atom. The van der Waals surface area contributed by atoms with Gasteiger partial charge in [0.25, 0.3) is 0 Å². The monoisotopic (exact) mass is 321 g/mol. The van der Waals surface area contributed by atoms with Gasteiger partial charge in [0.1, 0.15) is 5.82 Å². The smallest absolute Gasteiger partial charge is 0.137 e. The zero-order valence-electron chi connectivity index (χ0n) is 11.3. The van der Waals surface area contributed by atoms with Crippen LogP contribution in [0.4, 0.5) is 4.39 Å². The average molecular weight is 322 g/mol. The Hall–Kier alpha value is -1.19. The molecule has 1 atom stereocenters. The molecule has 2 aromatic rings. The molecular weight excluding hydrogens is 305 g/mol. The standard InChI is InChI=1S/C16H17BrFN/c1-10-7-8-12(11(2)9-10)16(19-3)13-5-4-6-14(18)15(13)17/h4-9,16,19H,1-3H3. The van der Waals surface area contributed by atoms with Crippen molar-refractivity contribution in [3.63, 3.8) is 0 Å². The van der Waals surface area contributed by atoms with E-state index in [4.69, 9.17) is 0 Å². The maximum atomic E-state index is 13.7. The number of rotatable bonds is 3. The van der Waals surface area contributed by atoms with Gasteiger partial charge >= 0.3 is 0 Å². The van der Waals surface area contributed by atoms with E-state index in [1.807, 2.05) is 13.1 Å². The molecular formula is C16H17BrFN. The number of nitrogens with one attached hydrogen (secondary N) is 1. The van der Waals surface area contributed by atoms with Crippen molar-refractivity contribution in [3.05, 3.63) is 68.9 Å². The molecule has 0 aliphatic carbocycles. The van der Waals surface area contributed by atoms with Crippen LogP contribution in [-0.4, -0.2) is 7.05 Å². The Balaban J connectivity index is 2.53. The lowest BCUT2D eigenvalue weighted by molar-refractivity contribution is 0.607. The van der Waals surface area contributed by atoms with Crippen LogP contribution < -0.4 is 5.32 Å². The molecule has 0 aliphatic heterocycles. The first-order chi connectivity index (χ1) is 9.04. The van der Waals surface area contributed by atoms with E-state index in [2.05, 4.69) is 53.3 Å². The Kier molecular flexibility index (Phi) is 4.38. The Labute approximate surface area is 122 Å². The van der Waals surface area contributed by atoms with Crippen LogP contribution in [0.2, 0.25) is 0 Å². The molecule has 1 unspecified atom stereocenters. The molecule has 100 valence electrons. The van der Waals surface area contributed by atoms with Crippen LogP contribution in [-0.2, 0) is 0 Å². The van der Waals surface area contributed by atoms with Crippen molar-refractivity contribution in [1.29, 1.82) is 0 Å². The normalized spacial score (nSPS) is 12.5. The van der Waals surface area contributed by atoms with Gasteiger partial charge in [-0.05, 0) is 59.6 Å². The lowest BCUT2D eigenvalue weighted by atomic mass is 9.94. The van der Waals surface area contributed by atoms with Gasteiger partial charge in [0.15, 0.2) is 0 Å². The Bertz CT molecular complexity index is 595. The fourth-order valence-corrected chi connectivity index (χ4v) is 2.86. The largest absolute Gasteiger partial charge is 0.309 e. The summed E-state index contributed by atoms with van der Waals surface area (Å²) in [4.78, 5) is 0. The zero-order valence-corrected chi connectivity index (χ0v) is 12.9. The molecule has 0 spiro atoms. The van der Waals surface area contributed by atoms with E-state index < -0.39 is 0 Å². The Morgan fingerprint density at radius 2 is 1.84 bits per heavy atom. The molecule has 2 rings (SSSR count). The highest BCUT2D eigenvalue weighted by Crippen LogP contribution is 2.31. The third-order valence-electron chi connectivity index (χ3n) is 3.32. The summed E-state index contributed by atoms with van der Waals surface area (Å²) < 4.78 is 14.2. The van der Waals surface area contributed by atoms with Crippen LogP contribution in [0.1, 0.15) is 28.3 Å². The van der Waals surface area contributed by atoms with Crippen molar-refractivity contribution in [2.75, 3.05) is 7.05 Å². The molecule has 0 aromatic heterocycles. The highest BCUT2D eigenvalue weighted by atomic mass is 79.9. The molecule has 0 fully saturated rings. The number of halogens is 2. The lowest BCUT2D eigenvalue weighted by Gasteiger charge is -2.21. The van der Waals surface area contributed by atoms with Crippen molar-refractivity contribution in [3.8, 4) is 0 Å². The first-order valence-corrected chi connectivity index (χ1v) is 7.02. The third kappa shape index (κ3) is 2.88. The van der Waals surface area contributed by atoms with Gasteiger partial charge in [0, 0.05) is 0 Å². The van der Waals surface area contributed by atoms with Crippen molar-refractivity contribution >= 4 is 15.9 Å². The molecule has 0 radical (unpaired) electrons. The van der Waals surface area contributed by atoms with Gasteiger partial charge < -0.3 is 5.32 Å². The van der Waals surface area contributed by atoms with Crippen molar-refractivity contribution in [2.24, 2.45) is 0 Å².